The van der Waals surface area contributed by atoms with Gasteiger partial charge in [-0.05, 0) is 43.3 Å². The standard InChI is InChI=1S/C20H21N5O3/c1-2-28-20(27)25-11-9-24(10-12-25)19(26)18-8-7-17(14-22-18)23-16-5-3-15(13-21)4-6-16/h3-8,14,23H,2,9-12H2,1H3. The quantitative estimate of drug-likeness (QED) is 0.877. The van der Waals surface area contributed by atoms with Crippen LogP contribution < -0.4 is 5.32 Å². The maximum absolute atomic E-state index is 12.6. The molecular weight excluding hydrogens is 358 g/mol. The van der Waals surface area contributed by atoms with Crippen LogP contribution in [0.1, 0.15) is 23.0 Å². The van der Waals surface area contributed by atoms with E-state index in [1.807, 2.05) is 0 Å². The van der Waals surface area contributed by atoms with Crippen LogP contribution in [0.5, 0.6) is 0 Å². The summed E-state index contributed by atoms with van der Waals surface area (Å²) >= 11 is 0. The second kappa shape index (κ2) is 8.86. The van der Waals surface area contributed by atoms with Crippen molar-refractivity contribution >= 4 is 23.4 Å². The minimum atomic E-state index is -0.342. The van der Waals surface area contributed by atoms with Crippen LogP contribution >= 0.6 is 0 Å². The molecule has 3 rings (SSSR count). The van der Waals surface area contributed by atoms with Crippen LogP contribution in [0.3, 0.4) is 0 Å². The summed E-state index contributed by atoms with van der Waals surface area (Å²) in [5.41, 5.74) is 2.52. The normalized spacial score (nSPS) is 13.6. The summed E-state index contributed by atoms with van der Waals surface area (Å²) in [6.07, 6.45) is 1.26. The Balaban J connectivity index is 1.56. The van der Waals surface area contributed by atoms with Gasteiger partial charge in [-0.25, -0.2) is 9.78 Å². The van der Waals surface area contributed by atoms with E-state index in [-0.39, 0.29) is 12.0 Å². The second-order valence-corrected chi connectivity index (χ2v) is 6.22. The molecule has 0 unspecified atom stereocenters. The number of hydrogen-bond acceptors (Lipinski definition) is 6. The van der Waals surface area contributed by atoms with Crippen molar-refractivity contribution in [2.75, 3.05) is 38.1 Å². The molecule has 1 N–H and O–H groups in total. The first-order chi connectivity index (χ1) is 13.6. The Morgan fingerprint density at radius 2 is 1.71 bits per heavy atom. The number of aromatic nitrogens is 1. The van der Waals surface area contributed by atoms with Crippen molar-refractivity contribution < 1.29 is 14.3 Å². The maximum Gasteiger partial charge on any atom is 0.409 e. The SMILES string of the molecule is CCOC(=O)N1CCN(C(=O)c2ccc(Nc3ccc(C#N)cc3)cn2)CC1. The maximum atomic E-state index is 12.6. The van der Waals surface area contributed by atoms with Crippen molar-refractivity contribution in [2.45, 2.75) is 6.92 Å². The van der Waals surface area contributed by atoms with E-state index in [0.29, 0.717) is 44.0 Å². The number of anilines is 2. The Bertz CT molecular complexity index is 866. The van der Waals surface area contributed by atoms with Gasteiger partial charge >= 0.3 is 6.09 Å². The number of carbonyl (C=O) groups excluding carboxylic acids is 2. The van der Waals surface area contributed by atoms with Crippen molar-refractivity contribution in [3.05, 3.63) is 53.9 Å². The molecule has 28 heavy (non-hydrogen) atoms. The summed E-state index contributed by atoms with van der Waals surface area (Å²) in [5.74, 6) is -0.159. The van der Waals surface area contributed by atoms with E-state index >= 15 is 0 Å². The Hall–Kier alpha value is -3.60. The molecule has 1 aliphatic rings. The van der Waals surface area contributed by atoms with E-state index < -0.39 is 0 Å². The molecule has 2 amide bonds. The lowest BCUT2D eigenvalue weighted by atomic mass is 10.2. The van der Waals surface area contributed by atoms with Crippen LogP contribution in [0.25, 0.3) is 0 Å². The zero-order valence-corrected chi connectivity index (χ0v) is 15.6. The summed E-state index contributed by atoms with van der Waals surface area (Å²) in [4.78, 5) is 31.9. The van der Waals surface area contributed by atoms with Gasteiger partial charge in [-0.2, -0.15) is 5.26 Å². The zero-order chi connectivity index (χ0) is 19.9. The highest BCUT2D eigenvalue weighted by Crippen LogP contribution is 2.17. The van der Waals surface area contributed by atoms with Gasteiger partial charge in [0.1, 0.15) is 5.69 Å². The number of carbonyl (C=O) groups is 2. The fourth-order valence-corrected chi connectivity index (χ4v) is 2.86. The van der Waals surface area contributed by atoms with E-state index in [9.17, 15) is 9.59 Å². The average molecular weight is 379 g/mol. The third-order valence-electron chi connectivity index (χ3n) is 4.38. The number of ether oxygens (including phenoxy) is 1. The van der Waals surface area contributed by atoms with Gasteiger partial charge in [0.2, 0.25) is 0 Å². The molecule has 0 bridgehead atoms. The predicted molar refractivity (Wildman–Crippen MR) is 103 cm³/mol. The molecule has 1 aromatic heterocycles. The molecule has 0 saturated carbocycles. The number of hydrogen-bond donors (Lipinski definition) is 1. The third-order valence-corrected chi connectivity index (χ3v) is 4.38. The second-order valence-electron chi connectivity index (χ2n) is 6.22. The monoisotopic (exact) mass is 379 g/mol. The molecule has 144 valence electrons. The van der Waals surface area contributed by atoms with Crippen molar-refractivity contribution in [3.63, 3.8) is 0 Å². The lowest BCUT2D eigenvalue weighted by molar-refractivity contribution is 0.0566. The Morgan fingerprint density at radius 3 is 2.29 bits per heavy atom. The van der Waals surface area contributed by atoms with Crippen molar-refractivity contribution in [1.29, 1.82) is 5.26 Å². The van der Waals surface area contributed by atoms with Crippen LogP contribution in [-0.2, 0) is 4.74 Å². The number of nitrogens with one attached hydrogen (secondary N) is 1. The molecule has 0 radical (unpaired) electrons. The molecule has 2 aromatic rings. The first kappa shape index (κ1) is 19.2. The van der Waals surface area contributed by atoms with Crippen LogP contribution in [0.15, 0.2) is 42.6 Å². The highest BCUT2D eigenvalue weighted by atomic mass is 16.6. The Labute approximate surface area is 163 Å². The van der Waals surface area contributed by atoms with Crippen LogP contribution in [-0.4, -0.2) is 59.6 Å². The molecule has 0 aliphatic carbocycles. The number of nitrogens with zero attached hydrogens (tertiary/aromatic N) is 4. The molecule has 8 heteroatoms. The smallest absolute Gasteiger partial charge is 0.409 e. The number of rotatable bonds is 4. The number of benzene rings is 1. The van der Waals surface area contributed by atoms with Crippen LogP contribution in [0.2, 0.25) is 0 Å². The largest absolute Gasteiger partial charge is 0.450 e. The van der Waals surface area contributed by atoms with E-state index in [4.69, 9.17) is 10.00 Å². The summed E-state index contributed by atoms with van der Waals surface area (Å²) in [6, 6.07) is 12.6. The van der Waals surface area contributed by atoms with E-state index in [1.165, 1.54) is 0 Å². The summed E-state index contributed by atoms with van der Waals surface area (Å²) < 4.78 is 4.98. The number of nitriles is 1. The first-order valence-corrected chi connectivity index (χ1v) is 9.05. The van der Waals surface area contributed by atoms with Crippen molar-refractivity contribution in [2.24, 2.45) is 0 Å². The number of amides is 2. The minimum Gasteiger partial charge on any atom is -0.450 e. The molecule has 8 nitrogen and oxygen atoms in total. The van der Waals surface area contributed by atoms with Gasteiger partial charge in [0.05, 0.1) is 30.1 Å². The average Bonchev–Trinajstić information content (AvgIpc) is 2.74. The molecule has 1 aromatic carbocycles. The molecule has 0 spiro atoms. The zero-order valence-electron chi connectivity index (χ0n) is 15.6. The summed E-state index contributed by atoms with van der Waals surface area (Å²) in [5, 5.41) is 12.0. The van der Waals surface area contributed by atoms with E-state index in [2.05, 4.69) is 16.4 Å². The van der Waals surface area contributed by atoms with Gasteiger partial charge in [0.25, 0.3) is 5.91 Å². The highest BCUT2D eigenvalue weighted by molar-refractivity contribution is 5.92. The van der Waals surface area contributed by atoms with Crippen molar-refractivity contribution in [3.8, 4) is 6.07 Å². The first-order valence-electron chi connectivity index (χ1n) is 9.05. The van der Waals surface area contributed by atoms with Gasteiger partial charge in [0, 0.05) is 31.9 Å². The Morgan fingerprint density at radius 1 is 1.07 bits per heavy atom. The fourth-order valence-electron chi connectivity index (χ4n) is 2.86. The molecule has 1 saturated heterocycles. The lowest BCUT2D eigenvalue weighted by Crippen LogP contribution is -2.50. The topological polar surface area (TPSA) is 98.6 Å². The molecule has 0 atom stereocenters. The molecular formula is C20H21N5O3. The van der Waals surface area contributed by atoms with Crippen molar-refractivity contribution in [1.82, 2.24) is 14.8 Å². The summed E-state index contributed by atoms with van der Waals surface area (Å²) in [6.45, 7) is 3.90. The fraction of sp³-hybridized carbons (Fsp3) is 0.300. The predicted octanol–water partition coefficient (Wildman–Crippen LogP) is 2.61. The van der Waals surface area contributed by atoms with Gasteiger partial charge in [-0.15, -0.1) is 0 Å². The number of piperazine rings is 1. The molecule has 1 aliphatic heterocycles. The summed E-state index contributed by atoms with van der Waals surface area (Å²) in [7, 11) is 0. The molecule has 1 fully saturated rings. The Kier molecular flexibility index (Phi) is 6.07. The van der Waals surface area contributed by atoms with E-state index in [0.717, 1.165) is 11.4 Å². The molecule has 2 heterocycles. The number of pyridine rings is 1. The van der Waals surface area contributed by atoms with Gasteiger partial charge in [-0.1, -0.05) is 0 Å². The highest BCUT2D eigenvalue weighted by Gasteiger charge is 2.26. The van der Waals surface area contributed by atoms with Crippen LogP contribution in [0.4, 0.5) is 16.2 Å². The van der Waals surface area contributed by atoms with Crippen LogP contribution in [0, 0.1) is 11.3 Å². The third kappa shape index (κ3) is 4.57. The van der Waals surface area contributed by atoms with Gasteiger partial charge < -0.3 is 19.9 Å². The van der Waals surface area contributed by atoms with Gasteiger partial charge in [0.15, 0.2) is 0 Å². The van der Waals surface area contributed by atoms with E-state index in [1.54, 1.807) is 59.3 Å². The van der Waals surface area contributed by atoms with Gasteiger partial charge in [-0.3, -0.25) is 4.79 Å². The minimum absolute atomic E-state index is 0.159. The lowest BCUT2D eigenvalue weighted by Gasteiger charge is -2.33.